The summed E-state index contributed by atoms with van der Waals surface area (Å²) in [6.07, 6.45) is 0.380. The highest BCUT2D eigenvalue weighted by atomic mass is 35.5. The van der Waals surface area contributed by atoms with Crippen LogP contribution in [0.5, 0.6) is 5.75 Å². The van der Waals surface area contributed by atoms with E-state index in [1.54, 1.807) is 19.1 Å². The molecule has 0 saturated carbocycles. The zero-order chi connectivity index (χ0) is 13.2. The quantitative estimate of drug-likeness (QED) is 0.582. The van der Waals surface area contributed by atoms with Gasteiger partial charge in [-0.1, -0.05) is 17.7 Å². The van der Waals surface area contributed by atoms with Crippen LogP contribution >= 0.6 is 11.6 Å². The first-order valence-electron chi connectivity index (χ1n) is 5.97. The Hall–Kier alpha value is -1.26. The second-order valence-electron chi connectivity index (χ2n) is 3.61. The topological polar surface area (TPSA) is 47.6 Å². The highest BCUT2D eigenvalue weighted by Crippen LogP contribution is 2.16. The summed E-state index contributed by atoms with van der Waals surface area (Å²) >= 11 is 5.82. The highest BCUT2D eigenvalue weighted by molar-refractivity contribution is 6.30. The van der Waals surface area contributed by atoms with E-state index in [1.807, 2.05) is 12.1 Å². The van der Waals surface area contributed by atoms with Gasteiger partial charge in [-0.2, -0.15) is 0 Å². The lowest BCUT2D eigenvalue weighted by molar-refractivity contribution is -0.142. The van der Waals surface area contributed by atoms with Gasteiger partial charge in [-0.15, -0.1) is 0 Å². The molecular weight excluding hydrogens is 254 g/mol. The third-order valence-electron chi connectivity index (χ3n) is 2.15. The molecule has 0 unspecified atom stereocenters. The van der Waals surface area contributed by atoms with Crippen molar-refractivity contribution in [2.24, 2.45) is 0 Å². The summed E-state index contributed by atoms with van der Waals surface area (Å²) < 4.78 is 10.3. The number of hydrogen-bond acceptors (Lipinski definition) is 4. The van der Waals surface area contributed by atoms with Gasteiger partial charge >= 0.3 is 5.97 Å². The minimum Gasteiger partial charge on any atom is -0.492 e. The number of rotatable bonds is 8. The van der Waals surface area contributed by atoms with Crippen LogP contribution < -0.4 is 10.1 Å². The molecule has 0 bridgehead atoms. The second kappa shape index (κ2) is 8.78. The minimum atomic E-state index is -0.180. The molecule has 0 radical (unpaired) electrons. The van der Waals surface area contributed by atoms with Crippen LogP contribution in [0.15, 0.2) is 24.3 Å². The Kier molecular flexibility index (Phi) is 7.22. The number of benzene rings is 1. The van der Waals surface area contributed by atoms with Crippen LogP contribution in [0.4, 0.5) is 0 Å². The van der Waals surface area contributed by atoms with Crippen molar-refractivity contribution in [1.82, 2.24) is 5.32 Å². The first-order valence-corrected chi connectivity index (χ1v) is 6.35. The van der Waals surface area contributed by atoms with Gasteiger partial charge in [0.1, 0.15) is 12.4 Å². The number of ether oxygens (including phenoxy) is 2. The Morgan fingerprint density at radius 2 is 2.22 bits per heavy atom. The van der Waals surface area contributed by atoms with Gasteiger partial charge in [-0.25, -0.2) is 0 Å². The van der Waals surface area contributed by atoms with Gasteiger partial charge in [0.15, 0.2) is 0 Å². The zero-order valence-electron chi connectivity index (χ0n) is 10.4. The molecule has 100 valence electrons. The molecule has 0 spiro atoms. The summed E-state index contributed by atoms with van der Waals surface area (Å²) in [6, 6.07) is 7.25. The monoisotopic (exact) mass is 271 g/mol. The van der Waals surface area contributed by atoms with Crippen molar-refractivity contribution in [3.63, 3.8) is 0 Å². The van der Waals surface area contributed by atoms with Crippen LogP contribution in [0.25, 0.3) is 0 Å². The van der Waals surface area contributed by atoms with Crippen molar-refractivity contribution in [2.45, 2.75) is 13.3 Å². The standard InChI is InChI=1S/C13H18ClNO3/c1-2-17-13(16)6-7-15-8-9-18-12-5-3-4-11(14)10-12/h3-5,10,15H,2,6-9H2,1H3. The Balaban J connectivity index is 2.04. The van der Waals surface area contributed by atoms with Crippen LogP contribution in [0.3, 0.4) is 0 Å². The summed E-state index contributed by atoms with van der Waals surface area (Å²) in [5, 5.41) is 3.76. The lowest BCUT2D eigenvalue weighted by Crippen LogP contribution is -2.24. The fraction of sp³-hybridized carbons (Fsp3) is 0.462. The summed E-state index contributed by atoms with van der Waals surface area (Å²) in [7, 11) is 0. The van der Waals surface area contributed by atoms with E-state index in [0.717, 1.165) is 5.75 Å². The molecule has 0 saturated heterocycles. The average molecular weight is 272 g/mol. The van der Waals surface area contributed by atoms with Crippen molar-refractivity contribution >= 4 is 17.6 Å². The fourth-order valence-electron chi connectivity index (χ4n) is 1.35. The Morgan fingerprint density at radius 1 is 1.39 bits per heavy atom. The maximum atomic E-state index is 11.0. The van der Waals surface area contributed by atoms with Gasteiger partial charge in [0, 0.05) is 18.1 Å². The predicted octanol–water partition coefficient (Wildman–Crippen LogP) is 2.26. The van der Waals surface area contributed by atoms with Crippen molar-refractivity contribution in [2.75, 3.05) is 26.3 Å². The Bertz CT molecular complexity index is 371. The zero-order valence-corrected chi connectivity index (χ0v) is 11.2. The van der Waals surface area contributed by atoms with Crippen molar-refractivity contribution in [1.29, 1.82) is 0 Å². The molecule has 0 aliphatic carbocycles. The summed E-state index contributed by atoms with van der Waals surface area (Å²) in [5.41, 5.74) is 0. The normalized spacial score (nSPS) is 10.1. The molecule has 5 heteroatoms. The van der Waals surface area contributed by atoms with Gasteiger partial charge in [0.2, 0.25) is 0 Å². The van der Waals surface area contributed by atoms with Crippen LogP contribution in [0.1, 0.15) is 13.3 Å². The maximum absolute atomic E-state index is 11.0. The summed E-state index contributed by atoms with van der Waals surface area (Å²) in [4.78, 5) is 11.0. The lowest BCUT2D eigenvalue weighted by Gasteiger charge is -2.07. The van der Waals surface area contributed by atoms with Gasteiger partial charge < -0.3 is 14.8 Å². The molecule has 1 aromatic rings. The van der Waals surface area contributed by atoms with E-state index in [0.29, 0.717) is 37.7 Å². The van der Waals surface area contributed by atoms with Gasteiger partial charge in [-0.3, -0.25) is 4.79 Å². The van der Waals surface area contributed by atoms with Crippen molar-refractivity contribution < 1.29 is 14.3 Å². The molecule has 0 fully saturated rings. The third kappa shape index (κ3) is 6.47. The van der Waals surface area contributed by atoms with E-state index in [9.17, 15) is 4.79 Å². The average Bonchev–Trinajstić information content (AvgIpc) is 2.34. The number of esters is 1. The highest BCUT2D eigenvalue weighted by Gasteiger charge is 2.00. The van der Waals surface area contributed by atoms with Crippen LogP contribution in [0, 0.1) is 0 Å². The molecule has 4 nitrogen and oxygen atoms in total. The van der Waals surface area contributed by atoms with E-state index >= 15 is 0 Å². The molecular formula is C13H18ClNO3. The molecule has 0 aliphatic heterocycles. The number of nitrogens with one attached hydrogen (secondary N) is 1. The number of halogens is 1. The first kappa shape index (κ1) is 14.8. The smallest absolute Gasteiger partial charge is 0.307 e. The Labute approximate surface area is 112 Å². The third-order valence-corrected chi connectivity index (χ3v) is 2.39. The number of hydrogen-bond donors (Lipinski definition) is 1. The van der Waals surface area contributed by atoms with E-state index in [4.69, 9.17) is 21.1 Å². The van der Waals surface area contributed by atoms with Crippen molar-refractivity contribution in [3.05, 3.63) is 29.3 Å². The van der Waals surface area contributed by atoms with Gasteiger partial charge in [-0.05, 0) is 25.1 Å². The summed E-state index contributed by atoms with van der Waals surface area (Å²) in [5.74, 6) is 0.565. The van der Waals surface area contributed by atoms with E-state index in [1.165, 1.54) is 0 Å². The van der Waals surface area contributed by atoms with Gasteiger partial charge in [0.25, 0.3) is 0 Å². The maximum Gasteiger partial charge on any atom is 0.307 e. The molecule has 1 aromatic carbocycles. The molecule has 0 aromatic heterocycles. The second-order valence-corrected chi connectivity index (χ2v) is 4.05. The molecule has 0 atom stereocenters. The molecule has 0 amide bonds. The van der Waals surface area contributed by atoms with Crippen LogP contribution in [-0.2, 0) is 9.53 Å². The van der Waals surface area contributed by atoms with E-state index < -0.39 is 0 Å². The predicted molar refractivity (Wildman–Crippen MR) is 71.1 cm³/mol. The molecule has 1 rings (SSSR count). The van der Waals surface area contributed by atoms with Gasteiger partial charge in [0.05, 0.1) is 13.0 Å². The molecule has 0 aliphatic rings. The number of carbonyl (C=O) groups is 1. The van der Waals surface area contributed by atoms with Crippen LogP contribution in [-0.4, -0.2) is 32.3 Å². The van der Waals surface area contributed by atoms with E-state index in [-0.39, 0.29) is 5.97 Å². The first-order chi connectivity index (χ1) is 8.72. The van der Waals surface area contributed by atoms with Crippen LogP contribution in [0.2, 0.25) is 5.02 Å². The summed E-state index contributed by atoms with van der Waals surface area (Å²) in [6.45, 7) is 4.02. The number of carbonyl (C=O) groups excluding carboxylic acids is 1. The SMILES string of the molecule is CCOC(=O)CCNCCOc1cccc(Cl)c1. The molecule has 18 heavy (non-hydrogen) atoms. The van der Waals surface area contributed by atoms with E-state index in [2.05, 4.69) is 5.32 Å². The fourth-order valence-corrected chi connectivity index (χ4v) is 1.53. The molecule has 0 heterocycles. The minimum absolute atomic E-state index is 0.180. The Morgan fingerprint density at radius 3 is 2.94 bits per heavy atom. The van der Waals surface area contributed by atoms with Crippen molar-refractivity contribution in [3.8, 4) is 5.75 Å². The molecule has 1 N–H and O–H groups in total. The largest absolute Gasteiger partial charge is 0.492 e. The lowest BCUT2D eigenvalue weighted by atomic mass is 10.3.